The van der Waals surface area contributed by atoms with Gasteiger partial charge in [0.2, 0.25) is 7.37 Å². The molecule has 4 heteroatoms. The molecule has 0 fully saturated rings. The molecule has 0 spiro atoms. The van der Waals surface area contributed by atoms with Crippen LogP contribution in [0.5, 0.6) is 0 Å². The number of halogens is 1. The van der Waals surface area contributed by atoms with Crippen molar-refractivity contribution in [3.05, 3.63) is 35.6 Å². The Balaban J connectivity index is 2.78. The first-order chi connectivity index (χ1) is 5.47. The maximum Gasteiger partial charge on any atom is 0.201 e. The molecular weight excluding hydrogens is 178 g/mol. The summed E-state index contributed by atoms with van der Waals surface area (Å²) >= 11 is 0. The van der Waals surface area contributed by atoms with Gasteiger partial charge in [-0.05, 0) is 17.7 Å². The Labute approximate surface area is 70.5 Å². The van der Waals surface area contributed by atoms with Crippen LogP contribution in [0.15, 0.2) is 24.3 Å². The number of hydrogen-bond acceptors (Lipinski definition) is 1. The third-order valence-electron chi connectivity index (χ3n) is 1.39. The van der Waals surface area contributed by atoms with Crippen molar-refractivity contribution in [3.63, 3.8) is 0 Å². The summed E-state index contributed by atoms with van der Waals surface area (Å²) in [5, 5.41) is 0. The molecule has 66 valence electrons. The van der Waals surface area contributed by atoms with E-state index in [1.165, 1.54) is 30.9 Å². The van der Waals surface area contributed by atoms with Crippen LogP contribution in [0, 0.1) is 5.82 Å². The summed E-state index contributed by atoms with van der Waals surface area (Å²) < 4.78 is 23.3. The molecule has 0 saturated carbocycles. The molecule has 1 atom stereocenters. The highest BCUT2D eigenvalue weighted by molar-refractivity contribution is 7.56. The van der Waals surface area contributed by atoms with Crippen LogP contribution in [-0.2, 0) is 10.7 Å². The van der Waals surface area contributed by atoms with Gasteiger partial charge in [-0.1, -0.05) is 12.1 Å². The molecule has 1 N–H and O–H groups in total. The first-order valence-electron chi connectivity index (χ1n) is 3.51. The Bertz CT molecular complexity index is 301. The second-order valence-corrected chi connectivity index (χ2v) is 5.25. The fraction of sp³-hybridized carbons (Fsp3) is 0.250. The summed E-state index contributed by atoms with van der Waals surface area (Å²) in [5.74, 6) is -0.331. The van der Waals surface area contributed by atoms with Gasteiger partial charge in [-0.3, -0.25) is 4.57 Å². The van der Waals surface area contributed by atoms with Gasteiger partial charge in [0.25, 0.3) is 0 Å². The average molecular weight is 188 g/mol. The predicted octanol–water partition coefficient (Wildman–Crippen LogP) is 2.23. The van der Waals surface area contributed by atoms with Crippen molar-refractivity contribution in [1.29, 1.82) is 0 Å². The van der Waals surface area contributed by atoms with E-state index in [0.717, 1.165) is 0 Å². The van der Waals surface area contributed by atoms with E-state index in [1.54, 1.807) is 0 Å². The number of benzene rings is 1. The second-order valence-electron chi connectivity index (χ2n) is 2.84. The number of hydrogen-bond donors (Lipinski definition) is 1. The van der Waals surface area contributed by atoms with E-state index in [2.05, 4.69) is 0 Å². The minimum atomic E-state index is -3.03. The molecule has 12 heavy (non-hydrogen) atoms. The van der Waals surface area contributed by atoms with Gasteiger partial charge < -0.3 is 4.89 Å². The zero-order chi connectivity index (χ0) is 9.19. The molecule has 0 saturated heterocycles. The van der Waals surface area contributed by atoms with Crippen LogP contribution < -0.4 is 0 Å². The highest BCUT2D eigenvalue weighted by Gasteiger charge is 2.10. The van der Waals surface area contributed by atoms with Crippen molar-refractivity contribution in [3.8, 4) is 0 Å². The van der Waals surface area contributed by atoms with Crippen molar-refractivity contribution < 1.29 is 13.8 Å². The van der Waals surface area contributed by atoms with E-state index in [-0.39, 0.29) is 12.0 Å². The van der Waals surface area contributed by atoms with Gasteiger partial charge in [-0.2, -0.15) is 0 Å². The third-order valence-corrected chi connectivity index (χ3v) is 2.34. The van der Waals surface area contributed by atoms with Crippen LogP contribution in [0.1, 0.15) is 5.56 Å². The maximum absolute atomic E-state index is 12.4. The Morgan fingerprint density at radius 3 is 2.33 bits per heavy atom. The molecule has 0 aliphatic carbocycles. The standard InChI is InChI=1S/C8H10FO2P/c1-12(10,11)6-7-2-4-8(9)5-3-7/h2-5H,6H2,1H3,(H,10,11). The second kappa shape index (κ2) is 3.38. The highest BCUT2D eigenvalue weighted by atomic mass is 31.2. The molecular formula is C8H10FO2P. The monoisotopic (exact) mass is 188 g/mol. The van der Waals surface area contributed by atoms with Gasteiger partial charge in [-0.15, -0.1) is 0 Å². The molecule has 0 amide bonds. The first kappa shape index (κ1) is 9.43. The summed E-state index contributed by atoms with van der Waals surface area (Å²) in [6.45, 7) is 1.29. The van der Waals surface area contributed by atoms with Gasteiger partial charge in [0.05, 0.1) is 0 Å². The van der Waals surface area contributed by atoms with E-state index in [1.807, 2.05) is 0 Å². The Morgan fingerprint density at radius 1 is 1.42 bits per heavy atom. The predicted molar refractivity (Wildman–Crippen MR) is 45.9 cm³/mol. The third kappa shape index (κ3) is 3.16. The Hall–Kier alpha value is -0.660. The molecule has 0 radical (unpaired) electrons. The number of rotatable bonds is 2. The Morgan fingerprint density at radius 2 is 1.92 bits per heavy atom. The lowest BCUT2D eigenvalue weighted by atomic mass is 10.2. The fourth-order valence-electron chi connectivity index (χ4n) is 0.929. The lowest BCUT2D eigenvalue weighted by Crippen LogP contribution is -1.86. The van der Waals surface area contributed by atoms with Gasteiger partial charge in [0, 0.05) is 12.8 Å². The molecule has 1 unspecified atom stereocenters. The molecule has 1 aromatic rings. The zero-order valence-electron chi connectivity index (χ0n) is 6.70. The van der Waals surface area contributed by atoms with E-state index < -0.39 is 7.37 Å². The minimum absolute atomic E-state index is 0.104. The van der Waals surface area contributed by atoms with Crippen molar-refractivity contribution in [2.75, 3.05) is 6.66 Å². The van der Waals surface area contributed by atoms with Crippen LogP contribution >= 0.6 is 7.37 Å². The highest BCUT2D eigenvalue weighted by Crippen LogP contribution is 2.39. The smallest absolute Gasteiger partial charge is 0.201 e. The summed E-state index contributed by atoms with van der Waals surface area (Å²) in [6.07, 6.45) is 0.104. The van der Waals surface area contributed by atoms with Crippen molar-refractivity contribution >= 4 is 7.37 Å². The van der Waals surface area contributed by atoms with Crippen molar-refractivity contribution in [1.82, 2.24) is 0 Å². The van der Waals surface area contributed by atoms with E-state index in [4.69, 9.17) is 4.89 Å². The lowest BCUT2D eigenvalue weighted by molar-refractivity contribution is 0.484. The van der Waals surface area contributed by atoms with E-state index in [0.29, 0.717) is 5.56 Å². The molecule has 0 aliphatic rings. The molecule has 0 bridgehead atoms. The van der Waals surface area contributed by atoms with Crippen LogP contribution in [0.3, 0.4) is 0 Å². The summed E-state index contributed by atoms with van der Waals surface area (Å²) in [4.78, 5) is 9.00. The van der Waals surface area contributed by atoms with Gasteiger partial charge in [-0.25, -0.2) is 4.39 Å². The summed E-state index contributed by atoms with van der Waals surface area (Å²) in [5.41, 5.74) is 0.685. The summed E-state index contributed by atoms with van der Waals surface area (Å²) in [6, 6.07) is 5.60. The van der Waals surface area contributed by atoms with Crippen LogP contribution in [-0.4, -0.2) is 11.6 Å². The largest absolute Gasteiger partial charge is 0.344 e. The van der Waals surface area contributed by atoms with Crippen LogP contribution in [0.2, 0.25) is 0 Å². The first-order valence-corrected chi connectivity index (χ1v) is 5.80. The van der Waals surface area contributed by atoms with Gasteiger partial charge in [0.1, 0.15) is 5.82 Å². The van der Waals surface area contributed by atoms with Crippen LogP contribution in [0.4, 0.5) is 4.39 Å². The fourth-order valence-corrected chi connectivity index (χ4v) is 1.82. The summed E-state index contributed by atoms with van der Waals surface area (Å²) in [7, 11) is -3.03. The van der Waals surface area contributed by atoms with E-state index in [9.17, 15) is 8.96 Å². The molecule has 0 aliphatic heterocycles. The lowest BCUT2D eigenvalue weighted by Gasteiger charge is -2.04. The minimum Gasteiger partial charge on any atom is -0.344 e. The molecule has 2 nitrogen and oxygen atoms in total. The molecule has 1 aromatic carbocycles. The normalized spacial score (nSPS) is 15.6. The van der Waals surface area contributed by atoms with E-state index >= 15 is 0 Å². The van der Waals surface area contributed by atoms with Crippen molar-refractivity contribution in [2.45, 2.75) is 6.16 Å². The SMILES string of the molecule is CP(=O)(O)Cc1ccc(F)cc1. The van der Waals surface area contributed by atoms with Crippen molar-refractivity contribution in [2.24, 2.45) is 0 Å². The molecule has 0 heterocycles. The Kier molecular flexibility index (Phi) is 2.65. The molecule has 0 aromatic heterocycles. The zero-order valence-corrected chi connectivity index (χ0v) is 7.59. The quantitative estimate of drug-likeness (QED) is 0.722. The van der Waals surface area contributed by atoms with Gasteiger partial charge >= 0.3 is 0 Å². The average Bonchev–Trinajstić information content (AvgIpc) is 1.91. The molecule has 1 rings (SSSR count). The maximum atomic E-state index is 12.4. The van der Waals surface area contributed by atoms with Gasteiger partial charge in [0.15, 0.2) is 0 Å². The van der Waals surface area contributed by atoms with Crippen LogP contribution in [0.25, 0.3) is 0 Å². The topological polar surface area (TPSA) is 37.3 Å².